The van der Waals surface area contributed by atoms with E-state index in [2.05, 4.69) is 38.1 Å². The van der Waals surface area contributed by atoms with Gasteiger partial charge in [0, 0.05) is 10.9 Å². The van der Waals surface area contributed by atoms with Crippen LogP contribution in [0.3, 0.4) is 0 Å². The van der Waals surface area contributed by atoms with Crippen LogP contribution in [-0.4, -0.2) is 29.0 Å². The Balaban J connectivity index is 1.67. The standard InChI is InChI=1S/C31H41ClN2O2/c1-20-13-14-23-15-16-25-19-26(32)17-18-27(25)34-29(28(23)33-21(20)2)22-9-6-7-10-24(12-8-11-22)30(35)36-31(3,4)5/h9,13,17-19,21,23-24H,6-8,10-12,14-16H2,1-5H3. The van der Waals surface area contributed by atoms with E-state index in [1.165, 1.54) is 16.7 Å². The van der Waals surface area contributed by atoms with Crippen molar-refractivity contribution < 1.29 is 9.53 Å². The van der Waals surface area contributed by atoms with Gasteiger partial charge in [0.25, 0.3) is 0 Å². The number of hydrogen-bond donors (Lipinski definition) is 0. The van der Waals surface area contributed by atoms with Crippen molar-refractivity contribution in [1.29, 1.82) is 0 Å². The first-order chi connectivity index (χ1) is 17.1. The maximum absolute atomic E-state index is 12.8. The van der Waals surface area contributed by atoms with Gasteiger partial charge in [-0.2, -0.15) is 0 Å². The lowest BCUT2D eigenvalue weighted by Crippen LogP contribution is -2.29. The molecule has 5 heteroatoms. The average molecular weight is 509 g/mol. The van der Waals surface area contributed by atoms with E-state index in [4.69, 9.17) is 26.3 Å². The molecular formula is C31H41ClN2O2. The number of allylic oxidation sites excluding steroid dienone is 3. The molecule has 2 aliphatic heterocycles. The molecule has 3 unspecified atom stereocenters. The minimum atomic E-state index is -0.446. The average Bonchev–Trinajstić information content (AvgIpc) is 2.87. The molecule has 0 aromatic heterocycles. The Kier molecular flexibility index (Phi) is 8.55. The molecule has 0 N–H and O–H groups in total. The van der Waals surface area contributed by atoms with Crippen LogP contribution < -0.4 is 0 Å². The first-order valence-corrected chi connectivity index (χ1v) is 14.0. The number of rotatable bonds is 2. The summed E-state index contributed by atoms with van der Waals surface area (Å²) in [6.07, 6.45) is 13.2. The summed E-state index contributed by atoms with van der Waals surface area (Å²) in [7, 11) is 0. The summed E-state index contributed by atoms with van der Waals surface area (Å²) in [6, 6.07) is 6.22. The van der Waals surface area contributed by atoms with Gasteiger partial charge < -0.3 is 4.74 Å². The lowest BCUT2D eigenvalue weighted by Gasteiger charge is -2.25. The first-order valence-electron chi connectivity index (χ1n) is 13.6. The van der Waals surface area contributed by atoms with Gasteiger partial charge in [0.15, 0.2) is 0 Å². The Bertz CT molecular complexity index is 1110. The topological polar surface area (TPSA) is 51.0 Å². The van der Waals surface area contributed by atoms with Crippen LogP contribution in [0.2, 0.25) is 5.02 Å². The summed E-state index contributed by atoms with van der Waals surface area (Å²) < 4.78 is 5.73. The number of carbonyl (C=O) groups excluding carboxylic acids is 1. The fourth-order valence-corrected chi connectivity index (χ4v) is 5.60. The van der Waals surface area contributed by atoms with Gasteiger partial charge in [-0.3, -0.25) is 9.79 Å². The quantitative estimate of drug-likeness (QED) is 0.297. The molecule has 0 amide bonds. The number of aliphatic imine (C=N–C) groups is 2. The molecule has 1 aromatic rings. The zero-order valence-corrected chi connectivity index (χ0v) is 23.3. The molecule has 36 heavy (non-hydrogen) atoms. The Morgan fingerprint density at radius 1 is 1.08 bits per heavy atom. The number of carbonyl (C=O) groups is 1. The molecule has 0 fully saturated rings. The van der Waals surface area contributed by atoms with Crippen molar-refractivity contribution in [3.8, 4) is 0 Å². The van der Waals surface area contributed by atoms with Crippen molar-refractivity contribution in [2.24, 2.45) is 21.8 Å². The van der Waals surface area contributed by atoms with E-state index >= 15 is 0 Å². The van der Waals surface area contributed by atoms with Gasteiger partial charge in [0.05, 0.1) is 29.1 Å². The summed E-state index contributed by atoms with van der Waals surface area (Å²) in [5.74, 6) is 0.261. The maximum atomic E-state index is 12.8. The van der Waals surface area contributed by atoms with Crippen molar-refractivity contribution in [3.63, 3.8) is 0 Å². The number of fused-ring (bicyclic) bond motifs is 2. The minimum absolute atomic E-state index is 0.0334. The van der Waals surface area contributed by atoms with E-state index in [-0.39, 0.29) is 17.9 Å². The van der Waals surface area contributed by atoms with E-state index in [1.807, 2.05) is 26.8 Å². The van der Waals surface area contributed by atoms with E-state index in [9.17, 15) is 4.79 Å². The van der Waals surface area contributed by atoms with Crippen LogP contribution in [0.15, 0.2) is 51.5 Å². The van der Waals surface area contributed by atoms with Crippen LogP contribution in [-0.2, 0) is 16.0 Å². The number of hydrogen-bond acceptors (Lipinski definition) is 4. The zero-order chi connectivity index (χ0) is 25.9. The zero-order valence-electron chi connectivity index (χ0n) is 22.6. The highest BCUT2D eigenvalue weighted by Crippen LogP contribution is 2.35. The molecule has 0 saturated carbocycles. The summed E-state index contributed by atoms with van der Waals surface area (Å²) in [6.45, 7) is 10.2. The SMILES string of the molecule is CC1=CCC2CCc3cc(Cl)ccc3N=C(C3=CCCCC(C(=O)OC(C)(C)C)CCC3)C2=NC1C. The number of ether oxygens (including phenoxy) is 1. The molecule has 2 heterocycles. The fourth-order valence-electron chi connectivity index (χ4n) is 5.40. The van der Waals surface area contributed by atoms with E-state index < -0.39 is 5.60 Å². The highest BCUT2D eigenvalue weighted by Gasteiger charge is 2.30. The molecule has 0 radical (unpaired) electrons. The third kappa shape index (κ3) is 6.76. The molecule has 3 atom stereocenters. The summed E-state index contributed by atoms with van der Waals surface area (Å²) in [4.78, 5) is 23.4. The monoisotopic (exact) mass is 508 g/mol. The van der Waals surface area contributed by atoms with Crippen molar-refractivity contribution >= 4 is 34.7 Å². The van der Waals surface area contributed by atoms with E-state index in [0.717, 1.165) is 79.9 Å². The Morgan fingerprint density at radius 2 is 1.86 bits per heavy atom. The van der Waals surface area contributed by atoms with Gasteiger partial charge in [-0.25, -0.2) is 4.99 Å². The third-order valence-corrected chi connectivity index (χ3v) is 7.81. The highest BCUT2D eigenvalue weighted by molar-refractivity contribution is 6.49. The normalized spacial score (nSPS) is 25.6. The van der Waals surface area contributed by atoms with Gasteiger partial charge >= 0.3 is 5.97 Å². The molecule has 1 aliphatic carbocycles. The van der Waals surface area contributed by atoms with E-state index in [1.54, 1.807) is 0 Å². The van der Waals surface area contributed by atoms with Crippen molar-refractivity contribution in [2.45, 2.75) is 104 Å². The highest BCUT2D eigenvalue weighted by atomic mass is 35.5. The Hall–Kier alpha value is -2.20. The number of aryl methyl sites for hydroxylation is 1. The van der Waals surface area contributed by atoms with Crippen LogP contribution >= 0.6 is 11.6 Å². The van der Waals surface area contributed by atoms with Crippen LogP contribution in [0.25, 0.3) is 0 Å². The first kappa shape index (κ1) is 26.9. The molecule has 3 aliphatic rings. The Morgan fingerprint density at radius 3 is 2.64 bits per heavy atom. The molecule has 4 rings (SSSR count). The minimum Gasteiger partial charge on any atom is -0.460 e. The lowest BCUT2D eigenvalue weighted by atomic mass is 9.84. The van der Waals surface area contributed by atoms with Gasteiger partial charge in [-0.15, -0.1) is 0 Å². The summed E-state index contributed by atoms with van der Waals surface area (Å²) in [5.41, 5.74) is 6.59. The third-order valence-electron chi connectivity index (χ3n) is 7.57. The Labute approximate surface area is 222 Å². The van der Waals surface area contributed by atoms with Crippen LogP contribution in [0.1, 0.15) is 91.5 Å². The van der Waals surface area contributed by atoms with E-state index in [0.29, 0.717) is 5.92 Å². The van der Waals surface area contributed by atoms with Gasteiger partial charge in [0.2, 0.25) is 0 Å². The van der Waals surface area contributed by atoms with Gasteiger partial charge in [-0.05, 0) is 122 Å². The van der Waals surface area contributed by atoms with Crippen LogP contribution in [0, 0.1) is 11.8 Å². The predicted octanol–water partition coefficient (Wildman–Crippen LogP) is 8.39. The fraction of sp³-hybridized carbons (Fsp3) is 0.581. The molecule has 4 nitrogen and oxygen atoms in total. The van der Waals surface area contributed by atoms with Crippen molar-refractivity contribution in [2.75, 3.05) is 0 Å². The van der Waals surface area contributed by atoms with Crippen molar-refractivity contribution in [3.05, 3.63) is 52.1 Å². The number of esters is 1. The van der Waals surface area contributed by atoms with Gasteiger partial charge in [-0.1, -0.05) is 29.3 Å². The molecule has 1 aromatic carbocycles. The second-order valence-corrected chi connectivity index (χ2v) is 12.1. The van der Waals surface area contributed by atoms with Crippen LogP contribution in [0.5, 0.6) is 0 Å². The van der Waals surface area contributed by atoms with Gasteiger partial charge in [0.1, 0.15) is 5.60 Å². The molecule has 194 valence electrons. The van der Waals surface area contributed by atoms with Crippen LogP contribution in [0.4, 0.5) is 5.69 Å². The smallest absolute Gasteiger partial charge is 0.309 e. The number of halogens is 1. The predicted molar refractivity (Wildman–Crippen MR) is 151 cm³/mol. The number of nitrogens with zero attached hydrogens (tertiary/aromatic N) is 2. The summed E-state index contributed by atoms with van der Waals surface area (Å²) in [5, 5.41) is 0.764. The lowest BCUT2D eigenvalue weighted by molar-refractivity contribution is -0.160. The largest absolute Gasteiger partial charge is 0.460 e. The molecule has 0 saturated heterocycles. The molecule has 0 spiro atoms. The second-order valence-electron chi connectivity index (χ2n) is 11.6. The maximum Gasteiger partial charge on any atom is 0.309 e. The second kappa shape index (κ2) is 11.5. The molecule has 0 bridgehead atoms. The summed E-state index contributed by atoms with van der Waals surface area (Å²) >= 11 is 6.36. The van der Waals surface area contributed by atoms with Crippen molar-refractivity contribution in [1.82, 2.24) is 0 Å². The molecular weight excluding hydrogens is 468 g/mol. The number of benzene rings is 1.